The molecule has 1 aliphatic heterocycles. The quantitative estimate of drug-likeness (QED) is 0.393. The van der Waals surface area contributed by atoms with Crippen LogP contribution in [0.5, 0.6) is 0 Å². The number of esters is 1. The maximum atomic E-state index is 12.1. The minimum absolute atomic E-state index is 0.0603. The summed E-state index contributed by atoms with van der Waals surface area (Å²) >= 11 is 0. The second kappa shape index (κ2) is 9.73. The summed E-state index contributed by atoms with van der Waals surface area (Å²) < 4.78 is 4.76. The van der Waals surface area contributed by atoms with Crippen LogP contribution in [0.15, 0.2) is 23.9 Å². The van der Waals surface area contributed by atoms with Crippen molar-refractivity contribution in [3.63, 3.8) is 0 Å². The Morgan fingerprint density at radius 3 is 2.86 bits per heavy atom. The number of hydrogen-bond acceptors (Lipinski definition) is 5. The largest absolute Gasteiger partial charge is 0.458 e. The fraction of sp³-hybridized carbons (Fsp3) is 0.533. The molecule has 22 heavy (non-hydrogen) atoms. The van der Waals surface area contributed by atoms with Crippen molar-refractivity contribution in [1.29, 1.82) is 0 Å². The molecule has 0 unspecified atom stereocenters. The van der Waals surface area contributed by atoms with Gasteiger partial charge in [-0.1, -0.05) is 25.8 Å². The van der Waals surface area contributed by atoms with Crippen molar-refractivity contribution in [3.8, 4) is 0 Å². The number of ether oxygens (including phenoxy) is 1. The second-order valence-corrected chi connectivity index (χ2v) is 4.81. The van der Waals surface area contributed by atoms with Gasteiger partial charge >= 0.3 is 5.97 Å². The first-order chi connectivity index (χ1) is 10.6. The Bertz CT molecular complexity index is 471. The molecule has 2 N–H and O–H groups in total. The summed E-state index contributed by atoms with van der Waals surface area (Å²) in [5, 5.41) is 9.82. The number of aliphatic hydroxyl groups is 1. The van der Waals surface area contributed by atoms with Crippen molar-refractivity contribution < 1.29 is 24.2 Å². The molecule has 0 radical (unpaired) electrons. The molecule has 0 aromatic carbocycles. The molecule has 0 aromatic heterocycles. The van der Waals surface area contributed by atoms with E-state index in [0.29, 0.717) is 5.57 Å². The van der Waals surface area contributed by atoms with Crippen LogP contribution in [0.4, 0.5) is 0 Å². The standard InChI is InChI=1S/C15H22N2O5/c1-2-3-4-5-9-17(16-13(19)11-18)14(20)7-6-12-8-10-22-15(12)21/h5,8-9,18H,2-4,6-7,10-11H2,1H3,(H,16,19)/b9-5-. The highest BCUT2D eigenvalue weighted by Gasteiger charge is 2.20. The SMILES string of the molecule is CCCC/C=C\N(NC(=O)CO)C(=O)CCC1=CCOC1=O. The first kappa shape index (κ1) is 17.9. The van der Waals surface area contributed by atoms with Gasteiger partial charge in [0.15, 0.2) is 0 Å². The van der Waals surface area contributed by atoms with Gasteiger partial charge in [-0.15, -0.1) is 0 Å². The zero-order chi connectivity index (χ0) is 16.4. The van der Waals surface area contributed by atoms with Crippen LogP contribution in [-0.4, -0.2) is 41.1 Å². The van der Waals surface area contributed by atoms with Gasteiger partial charge < -0.3 is 9.84 Å². The van der Waals surface area contributed by atoms with Crippen molar-refractivity contribution in [1.82, 2.24) is 10.4 Å². The third kappa shape index (κ3) is 6.09. The number of carbonyl (C=O) groups is 3. The van der Waals surface area contributed by atoms with Gasteiger partial charge in [0.25, 0.3) is 5.91 Å². The number of unbranched alkanes of at least 4 members (excludes halogenated alkanes) is 2. The van der Waals surface area contributed by atoms with Crippen molar-refractivity contribution in [2.75, 3.05) is 13.2 Å². The molecular formula is C15H22N2O5. The molecule has 0 aromatic rings. The number of carbonyl (C=O) groups excluding carboxylic acids is 3. The lowest BCUT2D eigenvalue weighted by Crippen LogP contribution is -2.43. The van der Waals surface area contributed by atoms with Gasteiger partial charge in [-0.05, 0) is 18.9 Å². The van der Waals surface area contributed by atoms with Crippen LogP contribution in [0.2, 0.25) is 0 Å². The van der Waals surface area contributed by atoms with Crippen LogP contribution in [0.1, 0.15) is 39.0 Å². The monoisotopic (exact) mass is 310 g/mol. The van der Waals surface area contributed by atoms with E-state index >= 15 is 0 Å². The molecule has 7 nitrogen and oxygen atoms in total. The van der Waals surface area contributed by atoms with Crippen molar-refractivity contribution >= 4 is 17.8 Å². The zero-order valence-corrected chi connectivity index (χ0v) is 12.7. The van der Waals surface area contributed by atoms with E-state index in [1.807, 2.05) is 0 Å². The average Bonchev–Trinajstić information content (AvgIpc) is 2.92. The predicted octanol–water partition coefficient (Wildman–Crippen LogP) is 0.806. The number of rotatable bonds is 8. The minimum Gasteiger partial charge on any atom is -0.458 e. The van der Waals surface area contributed by atoms with E-state index in [4.69, 9.17) is 9.84 Å². The van der Waals surface area contributed by atoms with E-state index in [0.717, 1.165) is 24.3 Å². The number of hydrazine groups is 1. The smallest absolute Gasteiger partial charge is 0.334 e. The molecule has 0 fully saturated rings. The van der Waals surface area contributed by atoms with Gasteiger partial charge in [0, 0.05) is 18.2 Å². The van der Waals surface area contributed by atoms with Crippen LogP contribution in [0, 0.1) is 0 Å². The van der Waals surface area contributed by atoms with E-state index in [9.17, 15) is 14.4 Å². The van der Waals surface area contributed by atoms with Crippen LogP contribution < -0.4 is 5.43 Å². The minimum atomic E-state index is -0.704. The maximum absolute atomic E-state index is 12.1. The topological polar surface area (TPSA) is 95.9 Å². The Balaban J connectivity index is 2.55. The van der Waals surface area contributed by atoms with E-state index in [2.05, 4.69) is 12.3 Å². The van der Waals surface area contributed by atoms with Crippen molar-refractivity contribution in [2.24, 2.45) is 0 Å². The molecular weight excluding hydrogens is 288 g/mol. The molecule has 0 spiro atoms. The Kier molecular flexibility index (Phi) is 7.91. The van der Waals surface area contributed by atoms with E-state index in [1.54, 1.807) is 12.2 Å². The molecule has 7 heteroatoms. The van der Waals surface area contributed by atoms with Gasteiger partial charge in [0.2, 0.25) is 5.91 Å². The molecule has 0 aliphatic carbocycles. The van der Waals surface area contributed by atoms with Crippen LogP contribution in [-0.2, 0) is 19.1 Å². The highest BCUT2D eigenvalue weighted by Crippen LogP contribution is 2.14. The fourth-order valence-electron chi connectivity index (χ4n) is 1.81. The number of nitrogens with one attached hydrogen (secondary N) is 1. The highest BCUT2D eigenvalue weighted by atomic mass is 16.5. The highest BCUT2D eigenvalue weighted by molar-refractivity contribution is 5.91. The molecule has 1 aliphatic rings. The zero-order valence-electron chi connectivity index (χ0n) is 12.7. The van der Waals surface area contributed by atoms with Gasteiger partial charge in [-0.3, -0.25) is 15.0 Å². The van der Waals surface area contributed by atoms with E-state index in [-0.39, 0.29) is 25.4 Å². The summed E-state index contributed by atoms with van der Waals surface area (Å²) in [6.45, 7) is 1.59. The summed E-state index contributed by atoms with van der Waals surface area (Å²) in [7, 11) is 0. The number of amides is 2. The molecule has 0 atom stereocenters. The number of hydrogen-bond donors (Lipinski definition) is 2. The molecule has 0 saturated heterocycles. The second-order valence-electron chi connectivity index (χ2n) is 4.81. The Hall–Kier alpha value is -2.15. The molecule has 0 saturated carbocycles. The molecule has 122 valence electrons. The lowest BCUT2D eigenvalue weighted by molar-refractivity contribution is -0.139. The number of cyclic esters (lactones) is 1. The molecule has 1 heterocycles. The van der Waals surface area contributed by atoms with Crippen molar-refractivity contribution in [2.45, 2.75) is 39.0 Å². The van der Waals surface area contributed by atoms with Crippen molar-refractivity contribution in [3.05, 3.63) is 23.9 Å². The average molecular weight is 310 g/mol. The molecule has 1 rings (SSSR count). The third-order valence-electron chi connectivity index (χ3n) is 3.05. The lowest BCUT2D eigenvalue weighted by atomic mass is 10.1. The number of allylic oxidation sites excluding steroid dienone is 1. The number of aliphatic hydroxyl groups excluding tert-OH is 1. The third-order valence-corrected chi connectivity index (χ3v) is 3.05. The van der Waals surface area contributed by atoms with E-state index in [1.165, 1.54) is 6.20 Å². The maximum Gasteiger partial charge on any atom is 0.334 e. The fourth-order valence-corrected chi connectivity index (χ4v) is 1.81. The van der Waals surface area contributed by atoms with Gasteiger partial charge in [-0.2, -0.15) is 0 Å². The van der Waals surface area contributed by atoms with Crippen LogP contribution in [0.25, 0.3) is 0 Å². The summed E-state index contributed by atoms with van der Waals surface area (Å²) in [6.07, 6.45) is 8.00. The van der Waals surface area contributed by atoms with Crippen LogP contribution >= 0.6 is 0 Å². The Morgan fingerprint density at radius 2 is 2.27 bits per heavy atom. The normalized spacial score (nSPS) is 13.9. The summed E-state index contributed by atoms with van der Waals surface area (Å²) in [6, 6.07) is 0. The molecule has 2 amide bonds. The van der Waals surface area contributed by atoms with Gasteiger partial charge in [0.05, 0.1) is 0 Å². The Morgan fingerprint density at radius 1 is 1.50 bits per heavy atom. The summed E-state index contributed by atoms with van der Waals surface area (Å²) in [4.78, 5) is 34.7. The van der Waals surface area contributed by atoms with Crippen LogP contribution in [0.3, 0.4) is 0 Å². The first-order valence-electron chi connectivity index (χ1n) is 7.33. The van der Waals surface area contributed by atoms with E-state index < -0.39 is 18.5 Å². The van der Waals surface area contributed by atoms with Gasteiger partial charge in [0.1, 0.15) is 13.2 Å². The predicted molar refractivity (Wildman–Crippen MR) is 79.0 cm³/mol. The lowest BCUT2D eigenvalue weighted by Gasteiger charge is -2.19. The molecule has 0 bridgehead atoms. The first-order valence-corrected chi connectivity index (χ1v) is 7.33. The summed E-state index contributed by atoms with van der Waals surface area (Å²) in [5.74, 6) is -1.44. The summed E-state index contributed by atoms with van der Waals surface area (Å²) in [5.41, 5.74) is 2.77. The number of nitrogens with zero attached hydrogens (tertiary/aromatic N) is 1. The van der Waals surface area contributed by atoms with Gasteiger partial charge in [-0.25, -0.2) is 9.80 Å². The Labute approximate surface area is 129 Å².